The fraction of sp³-hybridized carbons (Fsp3) is 0.600. The first kappa shape index (κ1) is 12.6. The van der Waals surface area contributed by atoms with Crippen molar-refractivity contribution < 1.29 is 4.74 Å². The van der Waals surface area contributed by atoms with Gasteiger partial charge in [0.2, 0.25) is 0 Å². The lowest BCUT2D eigenvalue weighted by Gasteiger charge is -2.34. The van der Waals surface area contributed by atoms with Crippen LogP contribution in [0.5, 0.6) is 0 Å². The number of rotatable bonds is 4. The van der Waals surface area contributed by atoms with Gasteiger partial charge in [-0.15, -0.1) is 0 Å². The van der Waals surface area contributed by atoms with Gasteiger partial charge in [-0.1, -0.05) is 36.8 Å². The van der Waals surface area contributed by atoms with Gasteiger partial charge >= 0.3 is 0 Å². The maximum Gasteiger partial charge on any atom is 0.0849 e. The van der Waals surface area contributed by atoms with E-state index in [1.165, 1.54) is 17.5 Å². The monoisotopic (exact) mass is 233 g/mol. The topological polar surface area (TPSA) is 21.3 Å². The third kappa shape index (κ3) is 2.70. The molecule has 1 fully saturated rings. The summed E-state index contributed by atoms with van der Waals surface area (Å²) in [5, 5.41) is 3.58. The van der Waals surface area contributed by atoms with E-state index in [1.54, 1.807) is 0 Å². The van der Waals surface area contributed by atoms with Crippen LogP contribution in [-0.2, 0) is 4.74 Å². The molecule has 94 valence electrons. The summed E-state index contributed by atoms with van der Waals surface area (Å²) in [5.41, 5.74) is 2.60. The fourth-order valence-corrected chi connectivity index (χ4v) is 2.77. The number of hydrogen-bond donors (Lipinski definition) is 1. The van der Waals surface area contributed by atoms with E-state index in [2.05, 4.69) is 50.4 Å². The van der Waals surface area contributed by atoms with Crippen molar-refractivity contribution in [2.45, 2.75) is 45.3 Å². The Hall–Kier alpha value is -0.860. The SMILES string of the molecule is CCNC(c1cccc(C)c1)C1(C)CCCO1. The Labute approximate surface area is 104 Å². The summed E-state index contributed by atoms with van der Waals surface area (Å²) in [6, 6.07) is 9.04. The largest absolute Gasteiger partial charge is 0.373 e. The molecule has 2 rings (SSSR count). The number of nitrogens with one attached hydrogen (secondary N) is 1. The molecular weight excluding hydrogens is 210 g/mol. The fourth-order valence-electron chi connectivity index (χ4n) is 2.77. The third-order valence-corrected chi connectivity index (χ3v) is 3.64. The zero-order valence-corrected chi connectivity index (χ0v) is 11.1. The molecule has 1 aromatic carbocycles. The highest BCUT2D eigenvalue weighted by molar-refractivity contribution is 5.27. The Morgan fingerprint density at radius 1 is 1.47 bits per heavy atom. The first-order valence-electron chi connectivity index (χ1n) is 6.59. The first-order chi connectivity index (χ1) is 8.15. The van der Waals surface area contributed by atoms with Crippen molar-refractivity contribution in [3.8, 4) is 0 Å². The minimum atomic E-state index is -0.0518. The van der Waals surface area contributed by atoms with Gasteiger partial charge in [-0.25, -0.2) is 0 Å². The van der Waals surface area contributed by atoms with Gasteiger partial charge in [-0.3, -0.25) is 0 Å². The molecule has 1 saturated heterocycles. The molecule has 17 heavy (non-hydrogen) atoms. The molecule has 1 aromatic rings. The molecule has 0 aliphatic carbocycles. The molecule has 1 aliphatic rings. The van der Waals surface area contributed by atoms with Gasteiger partial charge in [0.05, 0.1) is 11.6 Å². The van der Waals surface area contributed by atoms with Crippen LogP contribution in [0.15, 0.2) is 24.3 Å². The second-order valence-electron chi connectivity index (χ2n) is 5.17. The van der Waals surface area contributed by atoms with Crippen LogP contribution in [0.2, 0.25) is 0 Å². The van der Waals surface area contributed by atoms with E-state index in [1.807, 2.05) is 0 Å². The summed E-state index contributed by atoms with van der Waals surface area (Å²) in [5.74, 6) is 0. The van der Waals surface area contributed by atoms with E-state index in [-0.39, 0.29) is 5.60 Å². The highest BCUT2D eigenvalue weighted by Gasteiger charge is 2.38. The molecule has 2 unspecified atom stereocenters. The van der Waals surface area contributed by atoms with E-state index in [9.17, 15) is 0 Å². The van der Waals surface area contributed by atoms with Crippen LogP contribution >= 0.6 is 0 Å². The highest BCUT2D eigenvalue weighted by atomic mass is 16.5. The van der Waals surface area contributed by atoms with E-state index in [0.29, 0.717) is 6.04 Å². The van der Waals surface area contributed by atoms with Gasteiger partial charge in [-0.2, -0.15) is 0 Å². The normalized spacial score (nSPS) is 26.1. The molecule has 0 saturated carbocycles. The number of aryl methyl sites for hydroxylation is 1. The maximum atomic E-state index is 5.99. The Bertz CT molecular complexity index is 369. The Kier molecular flexibility index (Phi) is 3.85. The van der Waals surface area contributed by atoms with Crippen LogP contribution < -0.4 is 5.32 Å². The first-order valence-corrected chi connectivity index (χ1v) is 6.59. The van der Waals surface area contributed by atoms with Crippen molar-refractivity contribution in [1.29, 1.82) is 0 Å². The average Bonchev–Trinajstić information content (AvgIpc) is 2.74. The van der Waals surface area contributed by atoms with Crippen LogP contribution in [0, 0.1) is 6.92 Å². The van der Waals surface area contributed by atoms with Crippen LogP contribution in [0.3, 0.4) is 0 Å². The highest BCUT2D eigenvalue weighted by Crippen LogP contribution is 2.37. The van der Waals surface area contributed by atoms with Gasteiger partial charge in [-0.05, 0) is 38.8 Å². The summed E-state index contributed by atoms with van der Waals surface area (Å²) in [4.78, 5) is 0. The van der Waals surface area contributed by atoms with Gasteiger partial charge in [0.15, 0.2) is 0 Å². The lowest BCUT2D eigenvalue weighted by atomic mass is 9.87. The summed E-state index contributed by atoms with van der Waals surface area (Å²) in [6.07, 6.45) is 2.31. The molecule has 0 spiro atoms. The quantitative estimate of drug-likeness (QED) is 0.862. The lowest BCUT2D eigenvalue weighted by molar-refractivity contribution is -0.0121. The standard InChI is InChI=1S/C15H23NO/c1-4-16-14(15(3)9-6-10-17-15)13-8-5-7-12(2)11-13/h5,7-8,11,14,16H,4,6,9-10H2,1-3H3. The van der Waals surface area contributed by atoms with Crippen molar-refractivity contribution >= 4 is 0 Å². The molecule has 2 heteroatoms. The second kappa shape index (κ2) is 5.19. The van der Waals surface area contributed by atoms with Crippen LogP contribution in [0.1, 0.15) is 43.9 Å². The second-order valence-corrected chi connectivity index (χ2v) is 5.17. The number of likely N-dealkylation sites (N-methyl/N-ethyl adjacent to an activating group) is 1. The molecule has 0 amide bonds. The predicted molar refractivity (Wildman–Crippen MR) is 71.2 cm³/mol. The van der Waals surface area contributed by atoms with Crippen LogP contribution in [0.4, 0.5) is 0 Å². The van der Waals surface area contributed by atoms with Crippen LogP contribution in [-0.4, -0.2) is 18.8 Å². The minimum Gasteiger partial charge on any atom is -0.373 e. The molecule has 1 heterocycles. The lowest BCUT2D eigenvalue weighted by Crippen LogP contribution is -2.41. The van der Waals surface area contributed by atoms with Crippen molar-refractivity contribution in [2.24, 2.45) is 0 Å². The summed E-state index contributed by atoms with van der Waals surface area (Å²) in [7, 11) is 0. The van der Waals surface area contributed by atoms with Crippen molar-refractivity contribution in [3.05, 3.63) is 35.4 Å². The average molecular weight is 233 g/mol. The van der Waals surface area contributed by atoms with Crippen molar-refractivity contribution in [2.75, 3.05) is 13.2 Å². The van der Waals surface area contributed by atoms with E-state index >= 15 is 0 Å². The van der Waals surface area contributed by atoms with Gasteiger partial charge in [0, 0.05) is 6.61 Å². The Morgan fingerprint density at radius 2 is 2.29 bits per heavy atom. The van der Waals surface area contributed by atoms with E-state index < -0.39 is 0 Å². The van der Waals surface area contributed by atoms with Gasteiger partial charge < -0.3 is 10.1 Å². The molecular formula is C15H23NO. The number of benzene rings is 1. The smallest absolute Gasteiger partial charge is 0.0849 e. The molecule has 2 nitrogen and oxygen atoms in total. The Balaban J connectivity index is 2.28. The third-order valence-electron chi connectivity index (χ3n) is 3.64. The Morgan fingerprint density at radius 3 is 2.88 bits per heavy atom. The summed E-state index contributed by atoms with van der Waals surface area (Å²) in [6.45, 7) is 8.39. The van der Waals surface area contributed by atoms with Gasteiger partial charge in [0.25, 0.3) is 0 Å². The van der Waals surface area contributed by atoms with Crippen LogP contribution in [0.25, 0.3) is 0 Å². The molecule has 0 bridgehead atoms. The zero-order chi connectivity index (χ0) is 12.3. The van der Waals surface area contributed by atoms with E-state index in [4.69, 9.17) is 4.74 Å². The molecule has 2 atom stereocenters. The number of ether oxygens (including phenoxy) is 1. The molecule has 0 aromatic heterocycles. The number of hydrogen-bond acceptors (Lipinski definition) is 2. The predicted octanol–water partition coefficient (Wildman–Crippen LogP) is 3.21. The molecule has 0 radical (unpaired) electrons. The van der Waals surface area contributed by atoms with Crippen molar-refractivity contribution in [1.82, 2.24) is 5.32 Å². The zero-order valence-electron chi connectivity index (χ0n) is 11.1. The minimum absolute atomic E-state index is 0.0518. The summed E-state index contributed by atoms with van der Waals surface area (Å²) < 4.78 is 5.99. The van der Waals surface area contributed by atoms with Gasteiger partial charge in [0.1, 0.15) is 0 Å². The van der Waals surface area contributed by atoms with Crippen molar-refractivity contribution in [3.63, 3.8) is 0 Å². The summed E-state index contributed by atoms with van der Waals surface area (Å²) >= 11 is 0. The maximum absolute atomic E-state index is 5.99. The van der Waals surface area contributed by atoms with E-state index in [0.717, 1.165) is 19.6 Å². The molecule has 1 N–H and O–H groups in total. The molecule has 1 aliphatic heterocycles.